The quantitative estimate of drug-likeness (QED) is 0.550. The first-order chi connectivity index (χ1) is 6.79. The first-order valence-electron chi connectivity index (χ1n) is 4.87. The highest BCUT2D eigenvalue weighted by Gasteiger charge is 2.12. The lowest BCUT2D eigenvalue weighted by Crippen LogP contribution is -2.14. The van der Waals surface area contributed by atoms with Crippen molar-refractivity contribution in [1.29, 1.82) is 0 Å². The average molecular weight is 212 g/mol. The Kier molecular flexibility index (Phi) is 5.10. The van der Waals surface area contributed by atoms with Gasteiger partial charge in [0, 0.05) is 18.8 Å². The maximum Gasteiger partial charge on any atom is 0.184 e. The van der Waals surface area contributed by atoms with Crippen molar-refractivity contribution in [2.24, 2.45) is 0 Å². The molecule has 0 amide bonds. The highest BCUT2D eigenvalue weighted by atomic mass is 31.0. The smallest absolute Gasteiger partial charge is 0.184 e. The highest BCUT2D eigenvalue weighted by Crippen LogP contribution is 2.18. The number of hydrogen-bond acceptors (Lipinski definition) is 2. The summed E-state index contributed by atoms with van der Waals surface area (Å²) in [5.41, 5.74) is 1.08. The van der Waals surface area contributed by atoms with Gasteiger partial charge in [-0.15, -0.1) is 9.24 Å². The molecule has 0 saturated heterocycles. The zero-order valence-corrected chi connectivity index (χ0v) is 9.85. The van der Waals surface area contributed by atoms with Gasteiger partial charge in [-0.25, -0.2) is 0 Å². The third-order valence-electron chi connectivity index (χ3n) is 1.89. The Balaban J connectivity index is 2.81. The summed E-state index contributed by atoms with van der Waals surface area (Å²) in [4.78, 5) is 0. The van der Waals surface area contributed by atoms with E-state index in [0.717, 1.165) is 10.9 Å². The molecule has 0 aliphatic rings. The van der Waals surface area contributed by atoms with Crippen LogP contribution in [-0.2, 0) is 9.47 Å². The normalized spacial score (nSPS) is 10.9. The van der Waals surface area contributed by atoms with E-state index in [4.69, 9.17) is 9.47 Å². The summed E-state index contributed by atoms with van der Waals surface area (Å²) < 4.78 is 11.0. The summed E-state index contributed by atoms with van der Waals surface area (Å²) in [5, 5.41) is 1.12. The molecule has 0 fully saturated rings. The molecule has 3 heteroatoms. The van der Waals surface area contributed by atoms with Crippen molar-refractivity contribution in [1.82, 2.24) is 0 Å². The lowest BCUT2D eigenvalue weighted by Gasteiger charge is -2.18. The predicted molar refractivity (Wildman–Crippen MR) is 61.8 cm³/mol. The van der Waals surface area contributed by atoms with E-state index in [1.165, 1.54) is 0 Å². The summed E-state index contributed by atoms with van der Waals surface area (Å²) in [6.45, 7) is 5.25. The van der Waals surface area contributed by atoms with Crippen LogP contribution in [0.4, 0.5) is 0 Å². The van der Waals surface area contributed by atoms with Crippen LogP contribution in [0, 0.1) is 0 Å². The maximum absolute atomic E-state index is 5.51. The van der Waals surface area contributed by atoms with E-state index in [-0.39, 0.29) is 6.29 Å². The van der Waals surface area contributed by atoms with Gasteiger partial charge in [-0.1, -0.05) is 24.3 Å². The Bertz CT molecular complexity index is 270. The van der Waals surface area contributed by atoms with E-state index >= 15 is 0 Å². The van der Waals surface area contributed by atoms with Gasteiger partial charge in [0.25, 0.3) is 0 Å². The molecular formula is C11H17O2P. The SMILES string of the molecule is CCOC(OCC)c1ccccc1P. The molecule has 1 aromatic rings. The Morgan fingerprint density at radius 2 is 1.71 bits per heavy atom. The van der Waals surface area contributed by atoms with Gasteiger partial charge in [0.2, 0.25) is 0 Å². The van der Waals surface area contributed by atoms with Crippen molar-refractivity contribution in [3.05, 3.63) is 29.8 Å². The Morgan fingerprint density at radius 3 is 2.21 bits per heavy atom. The molecule has 0 radical (unpaired) electrons. The van der Waals surface area contributed by atoms with Crippen molar-refractivity contribution in [3.8, 4) is 0 Å². The minimum absolute atomic E-state index is 0.237. The maximum atomic E-state index is 5.51. The van der Waals surface area contributed by atoms with E-state index < -0.39 is 0 Å². The number of rotatable bonds is 5. The minimum Gasteiger partial charge on any atom is -0.349 e. The van der Waals surface area contributed by atoms with Gasteiger partial charge in [-0.2, -0.15) is 0 Å². The van der Waals surface area contributed by atoms with Crippen molar-refractivity contribution >= 4 is 14.5 Å². The molecule has 2 nitrogen and oxygen atoms in total. The molecule has 14 heavy (non-hydrogen) atoms. The fourth-order valence-corrected chi connectivity index (χ4v) is 1.60. The third-order valence-corrected chi connectivity index (χ3v) is 2.41. The Hall–Kier alpha value is -0.430. The summed E-state index contributed by atoms with van der Waals surface area (Å²) >= 11 is 0. The van der Waals surface area contributed by atoms with Gasteiger partial charge in [0.15, 0.2) is 6.29 Å². The first-order valence-corrected chi connectivity index (χ1v) is 5.45. The van der Waals surface area contributed by atoms with Gasteiger partial charge in [0.05, 0.1) is 0 Å². The molecule has 1 unspecified atom stereocenters. The van der Waals surface area contributed by atoms with Crippen molar-refractivity contribution in [2.45, 2.75) is 20.1 Å². The zero-order chi connectivity index (χ0) is 10.4. The number of hydrogen-bond donors (Lipinski definition) is 0. The largest absolute Gasteiger partial charge is 0.349 e. The van der Waals surface area contributed by atoms with E-state index in [1.54, 1.807) is 0 Å². The molecule has 0 heterocycles. The molecule has 78 valence electrons. The molecular weight excluding hydrogens is 195 g/mol. The minimum atomic E-state index is -0.237. The topological polar surface area (TPSA) is 18.5 Å². The number of ether oxygens (including phenoxy) is 2. The Labute approximate surface area is 87.8 Å². The van der Waals surface area contributed by atoms with E-state index in [9.17, 15) is 0 Å². The van der Waals surface area contributed by atoms with Gasteiger partial charge >= 0.3 is 0 Å². The van der Waals surface area contributed by atoms with E-state index in [1.807, 2.05) is 38.1 Å². The summed E-state index contributed by atoms with van der Waals surface area (Å²) in [6, 6.07) is 8.05. The van der Waals surface area contributed by atoms with E-state index in [2.05, 4.69) is 9.24 Å². The summed E-state index contributed by atoms with van der Waals surface area (Å²) in [5.74, 6) is 0. The first kappa shape index (κ1) is 11.6. The van der Waals surface area contributed by atoms with E-state index in [0.29, 0.717) is 13.2 Å². The molecule has 0 aliphatic carbocycles. The second-order valence-corrected chi connectivity index (χ2v) is 3.49. The predicted octanol–water partition coefficient (Wildman–Crippen LogP) is 2.26. The van der Waals surface area contributed by atoms with Crippen LogP contribution in [-0.4, -0.2) is 13.2 Å². The van der Waals surface area contributed by atoms with Crippen molar-refractivity contribution in [3.63, 3.8) is 0 Å². The Morgan fingerprint density at radius 1 is 1.14 bits per heavy atom. The molecule has 1 rings (SSSR count). The summed E-state index contributed by atoms with van der Waals surface area (Å²) in [6.07, 6.45) is -0.237. The zero-order valence-electron chi connectivity index (χ0n) is 8.69. The van der Waals surface area contributed by atoms with Gasteiger partial charge in [-0.3, -0.25) is 0 Å². The van der Waals surface area contributed by atoms with Crippen LogP contribution in [0.25, 0.3) is 0 Å². The van der Waals surface area contributed by atoms with Crippen LogP contribution in [0.2, 0.25) is 0 Å². The lowest BCUT2D eigenvalue weighted by molar-refractivity contribution is -0.139. The standard InChI is InChI=1S/C11H17O2P/c1-3-12-11(13-4-2)9-7-5-6-8-10(9)14/h5-8,11H,3-4,14H2,1-2H3. The average Bonchev–Trinajstić information content (AvgIpc) is 2.18. The molecule has 1 atom stereocenters. The van der Waals surface area contributed by atoms with Crippen LogP contribution >= 0.6 is 9.24 Å². The fourth-order valence-electron chi connectivity index (χ4n) is 1.26. The van der Waals surface area contributed by atoms with Crippen LogP contribution in [0.5, 0.6) is 0 Å². The molecule has 0 N–H and O–H groups in total. The highest BCUT2D eigenvalue weighted by molar-refractivity contribution is 7.27. The molecule has 0 spiro atoms. The van der Waals surface area contributed by atoms with Crippen molar-refractivity contribution in [2.75, 3.05) is 13.2 Å². The second-order valence-electron chi connectivity index (χ2n) is 2.87. The van der Waals surface area contributed by atoms with Crippen LogP contribution in [0.3, 0.4) is 0 Å². The molecule has 0 aromatic heterocycles. The van der Waals surface area contributed by atoms with Crippen molar-refractivity contribution < 1.29 is 9.47 Å². The molecule has 1 aromatic carbocycles. The molecule has 0 bridgehead atoms. The third kappa shape index (κ3) is 3.06. The second kappa shape index (κ2) is 6.13. The van der Waals surface area contributed by atoms with Gasteiger partial charge in [0.1, 0.15) is 0 Å². The van der Waals surface area contributed by atoms with Crippen LogP contribution in [0.15, 0.2) is 24.3 Å². The van der Waals surface area contributed by atoms with Gasteiger partial charge < -0.3 is 9.47 Å². The van der Waals surface area contributed by atoms with Crippen LogP contribution in [0.1, 0.15) is 25.7 Å². The van der Waals surface area contributed by atoms with Gasteiger partial charge in [-0.05, 0) is 19.2 Å². The summed E-state index contributed by atoms with van der Waals surface area (Å²) in [7, 11) is 2.70. The molecule has 0 aliphatic heterocycles. The molecule has 0 saturated carbocycles. The fraction of sp³-hybridized carbons (Fsp3) is 0.455. The number of benzene rings is 1. The monoisotopic (exact) mass is 212 g/mol. The van der Waals surface area contributed by atoms with Crippen LogP contribution < -0.4 is 5.30 Å². The lowest BCUT2D eigenvalue weighted by atomic mass is 10.2.